The van der Waals surface area contributed by atoms with Gasteiger partial charge in [0.1, 0.15) is 5.82 Å². The van der Waals surface area contributed by atoms with Crippen LogP contribution in [0.3, 0.4) is 0 Å². The lowest BCUT2D eigenvalue weighted by atomic mass is 9.86. The second-order valence-corrected chi connectivity index (χ2v) is 10.1. The van der Waals surface area contributed by atoms with Crippen molar-refractivity contribution in [3.8, 4) is 11.1 Å². The average molecular weight is 518 g/mol. The number of aliphatic imine (C=N–C) groups is 1. The molecule has 0 unspecified atom stereocenters. The van der Waals surface area contributed by atoms with Crippen LogP contribution >= 0.6 is 0 Å². The summed E-state index contributed by atoms with van der Waals surface area (Å²) in [5, 5.41) is 23.7. The Labute approximate surface area is 219 Å². The van der Waals surface area contributed by atoms with Crippen molar-refractivity contribution in [2.75, 3.05) is 32.0 Å². The van der Waals surface area contributed by atoms with Gasteiger partial charge < -0.3 is 20.8 Å². The summed E-state index contributed by atoms with van der Waals surface area (Å²) in [4.78, 5) is 41.1. The number of anilines is 1. The largest absolute Gasteiger partial charge is 0.395 e. The number of likely N-dealkylation sites (tertiary alicyclic amines) is 1. The van der Waals surface area contributed by atoms with E-state index in [1.807, 2.05) is 18.2 Å². The number of pyridine rings is 1. The van der Waals surface area contributed by atoms with Gasteiger partial charge in [0.25, 0.3) is 0 Å². The molecule has 1 saturated heterocycles. The minimum atomic E-state index is -1.23. The summed E-state index contributed by atoms with van der Waals surface area (Å²) in [7, 11) is 0. The summed E-state index contributed by atoms with van der Waals surface area (Å²) in [5.74, 6) is -0.362. The minimum Gasteiger partial charge on any atom is -0.395 e. The van der Waals surface area contributed by atoms with Gasteiger partial charge in [-0.2, -0.15) is 9.61 Å². The summed E-state index contributed by atoms with van der Waals surface area (Å²) in [6, 6.07) is 3.86. The molecule has 3 aromatic heterocycles. The van der Waals surface area contributed by atoms with Gasteiger partial charge in [-0.3, -0.25) is 19.6 Å². The molecule has 2 aliphatic heterocycles. The molecule has 0 aliphatic carbocycles. The number of piperidine rings is 1. The zero-order valence-corrected chi connectivity index (χ0v) is 21.5. The summed E-state index contributed by atoms with van der Waals surface area (Å²) < 4.78 is 1.49. The van der Waals surface area contributed by atoms with Crippen LogP contribution in [-0.4, -0.2) is 78.4 Å². The predicted octanol–water partition coefficient (Wildman–Crippen LogP) is 1.98. The van der Waals surface area contributed by atoms with E-state index in [1.165, 1.54) is 11.4 Å². The fourth-order valence-electron chi connectivity index (χ4n) is 5.07. The van der Waals surface area contributed by atoms with E-state index >= 15 is 0 Å². The average Bonchev–Trinajstić information content (AvgIpc) is 3.63. The van der Waals surface area contributed by atoms with E-state index in [1.54, 1.807) is 30.4 Å². The first-order chi connectivity index (χ1) is 18.3. The predicted molar refractivity (Wildman–Crippen MR) is 142 cm³/mol. The van der Waals surface area contributed by atoms with E-state index in [0.717, 1.165) is 29.0 Å². The molecule has 0 radical (unpaired) electrons. The standard InChI is InChI=1S/C27H31N7O4/c1-16(37)22-23(17-7-10-33(11-8-17)26(38)27(2,14-35)15-36)32-25-19(13-31-34(25)24(22)28)18-5-6-21(30-12-18)20-4-3-9-29-20/h3,5-6,9,12-13,17,35-36H,4,7-8,10-11,14-15,28H2,1-2H3. The zero-order chi connectivity index (χ0) is 27.0. The number of ketones is 1. The molecule has 0 atom stereocenters. The highest BCUT2D eigenvalue weighted by atomic mass is 16.3. The Hall–Kier alpha value is -3.96. The number of nitrogens with two attached hydrogens (primary N) is 1. The lowest BCUT2D eigenvalue weighted by Crippen LogP contribution is -2.49. The molecule has 0 saturated carbocycles. The fourth-order valence-corrected chi connectivity index (χ4v) is 5.07. The van der Waals surface area contributed by atoms with Crippen molar-refractivity contribution in [1.82, 2.24) is 24.5 Å². The molecular formula is C27H31N7O4. The molecule has 11 nitrogen and oxygen atoms in total. The number of amides is 1. The number of hydrogen-bond donors (Lipinski definition) is 3. The maximum Gasteiger partial charge on any atom is 0.233 e. The van der Waals surface area contributed by atoms with Gasteiger partial charge in [0, 0.05) is 49.0 Å². The molecule has 198 valence electrons. The Morgan fingerprint density at radius 2 is 1.89 bits per heavy atom. The van der Waals surface area contributed by atoms with Crippen LogP contribution in [-0.2, 0) is 4.79 Å². The maximum absolute atomic E-state index is 12.9. The first kappa shape index (κ1) is 25.7. The molecule has 11 heteroatoms. The van der Waals surface area contributed by atoms with Crippen LogP contribution in [0.4, 0.5) is 5.82 Å². The fraction of sp³-hybridized carbons (Fsp3) is 0.407. The molecule has 0 spiro atoms. The van der Waals surface area contributed by atoms with Crippen molar-refractivity contribution in [2.45, 2.75) is 39.0 Å². The molecule has 4 N–H and O–H groups in total. The zero-order valence-electron chi connectivity index (χ0n) is 21.5. The van der Waals surface area contributed by atoms with Gasteiger partial charge in [0.15, 0.2) is 11.4 Å². The summed E-state index contributed by atoms with van der Waals surface area (Å²) in [5.41, 5.74) is 10.00. The number of rotatable bonds is 7. The second kappa shape index (κ2) is 10.1. The number of aliphatic hydroxyl groups is 2. The van der Waals surface area contributed by atoms with E-state index in [-0.39, 0.29) is 23.4 Å². The van der Waals surface area contributed by atoms with Crippen molar-refractivity contribution in [2.24, 2.45) is 10.4 Å². The number of carbonyl (C=O) groups excluding carboxylic acids is 2. The van der Waals surface area contributed by atoms with Crippen LogP contribution in [0, 0.1) is 5.41 Å². The van der Waals surface area contributed by atoms with Gasteiger partial charge in [0.05, 0.1) is 47.5 Å². The Kier molecular flexibility index (Phi) is 6.80. The molecule has 1 amide bonds. The topological polar surface area (TPSA) is 159 Å². The van der Waals surface area contributed by atoms with Crippen LogP contribution in [0.15, 0.2) is 41.8 Å². The van der Waals surface area contributed by atoms with Crippen molar-refractivity contribution in [3.63, 3.8) is 0 Å². The first-order valence-electron chi connectivity index (χ1n) is 12.6. The Bertz CT molecular complexity index is 1450. The highest BCUT2D eigenvalue weighted by molar-refractivity contribution is 6.02. The number of Topliss-reactive ketones (excluding diaryl/α,β-unsaturated/α-hetero) is 1. The SMILES string of the molecule is CC(=O)c1c(C2CCN(C(=O)C(C)(CO)CO)CC2)nc2c(-c3ccc(C4=NC=CC4)nc3)cnn2c1N. The van der Waals surface area contributed by atoms with E-state index in [0.29, 0.717) is 42.8 Å². The molecule has 2 aliphatic rings. The quantitative estimate of drug-likeness (QED) is 0.401. The Morgan fingerprint density at radius 3 is 2.47 bits per heavy atom. The molecule has 5 rings (SSSR count). The summed E-state index contributed by atoms with van der Waals surface area (Å²) in [6.07, 6.45) is 9.07. The van der Waals surface area contributed by atoms with Gasteiger partial charge in [-0.25, -0.2) is 4.98 Å². The van der Waals surface area contributed by atoms with Gasteiger partial charge in [-0.15, -0.1) is 0 Å². The third-order valence-corrected chi connectivity index (χ3v) is 7.46. The van der Waals surface area contributed by atoms with Crippen molar-refractivity contribution in [1.29, 1.82) is 0 Å². The number of fused-ring (bicyclic) bond motifs is 1. The first-order valence-corrected chi connectivity index (χ1v) is 12.6. The van der Waals surface area contributed by atoms with E-state index in [4.69, 9.17) is 10.7 Å². The number of carbonyl (C=O) groups is 2. The number of nitrogen functional groups attached to an aromatic ring is 1. The molecule has 5 heterocycles. The van der Waals surface area contributed by atoms with Crippen molar-refractivity contribution < 1.29 is 19.8 Å². The number of nitrogens with zero attached hydrogens (tertiary/aromatic N) is 6. The summed E-state index contributed by atoms with van der Waals surface area (Å²) in [6.45, 7) is 2.97. The number of aromatic nitrogens is 4. The minimum absolute atomic E-state index is 0.101. The highest BCUT2D eigenvalue weighted by Gasteiger charge is 2.38. The van der Waals surface area contributed by atoms with Crippen LogP contribution in [0.25, 0.3) is 16.8 Å². The number of allylic oxidation sites excluding steroid dienone is 1. The Morgan fingerprint density at radius 1 is 1.16 bits per heavy atom. The van der Waals surface area contributed by atoms with Gasteiger partial charge in [-0.1, -0.05) is 12.1 Å². The highest BCUT2D eigenvalue weighted by Crippen LogP contribution is 2.35. The smallest absolute Gasteiger partial charge is 0.233 e. The third kappa shape index (κ3) is 4.37. The van der Waals surface area contributed by atoms with Crippen LogP contribution in [0.1, 0.15) is 60.8 Å². The van der Waals surface area contributed by atoms with E-state index < -0.39 is 18.6 Å². The second-order valence-electron chi connectivity index (χ2n) is 10.1. The van der Waals surface area contributed by atoms with Gasteiger partial charge in [0.2, 0.25) is 5.91 Å². The molecule has 1 fully saturated rings. The molecular weight excluding hydrogens is 486 g/mol. The molecule has 0 aromatic carbocycles. The normalized spacial score (nSPS) is 16.3. The lowest BCUT2D eigenvalue weighted by Gasteiger charge is -2.37. The number of hydrogen-bond acceptors (Lipinski definition) is 9. The van der Waals surface area contributed by atoms with E-state index in [2.05, 4.69) is 15.1 Å². The molecule has 3 aromatic rings. The van der Waals surface area contributed by atoms with E-state index in [9.17, 15) is 19.8 Å². The van der Waals surface area contributed by atoms with Crippen molar-refractivity contribution in [3.05, 3.63) is 53.8 Å². The third-order valence-electron chi connectivity index (χ3n) is 7.46. The molecule has 38 heavy (non-hydrogen) atoms. The lowest BCUT2D eigenvalue weighted by molar-refractivity contribution is -0.147. The van der Waals surface area contributed by atoms with Crippen molar-refractivity contribution >= 4 is 28.9 Å². The summed E-state index contributed by atoms with van der Waals surface area (Å²) >= 11 is 0. The molecule has 0 bridgehead atoms. The van der Waals surface area contributed by atoms with Gasteiger partial charge in [-0.05, 0) is 32.8 Å². The number of aliphatic hydroxyl groups excluding tert-OH is 2. The van der Waals surface area contributed by atoms with Crippen LogP contribution in [0.5, 0.6) is 0 Å². The monoisotopic (exact) mass is 517 g/mol. The Balaban J connectivity index is 1.47. The van der Waals surface area contributed by atoms with Crippen LogP contribution < -0.4 is 5.73 Å². The van der Waals surface area contributed by atoms with Gasteiger partial charge >= 0.3 is 0 Å². The van der Waals surface area contributed by atoms with Crippen LogP contribution in [0.2, 0.25) is 0 Å². The maximum atomic E-state index is 12.9.